The van der Waals surface area contributed by atoms with Crippen LogP contribution >= 0.6 is 11.8 Å². The number of amides is 1. The Balaban J connectivity index is 1.71. The van der Waals surface area contributed by atoms with Gasteiger partial charge in [0, 0.05) is 38.4 Å². The van der Waals surface area contributed by atoms with Crippen molar-refractivity contribution in [3.8, 4) is 0 Å². The zero-order valence-corrected chi connectivity index (χ0v) is 14.3. The van der Waals surface area contributed by atoms with Crippen molar-refractivity contribution in [2.45, 2.75) is 52.4 Å². The minimum absolute atomic E-state index is 0.234. The highest BCUT2D eigenvalue weighted by Crippen LogP contribution is 2.41. The van der Waals surface area contributed by atoms with Crippen LogP contribution in [0.4, 0.5) is 0 Å². The molecule has 0 aromatic rings. The number of nitrogens with one attached hydrogen (secondary N) is 1. The molecule has 21 heavy (non-hydrogen) atoms. The minimum Gasteiger partial charge on any atom is -0.364 e. The molecule has 1 aliphatic carbocycles. The largest absolute Gasteiger partial charge is 0.364 e. The molecule has 1 heterocycles. The van der Waals surface area contributed by atoms with E-state index in [1.54, 1.807) is 0 Å². The van der Waals surface area contributed by atoms with Crippen molar-refractivity contribution in [1.29, 1.82) is 0 Å². The van der Waals surface area contributed by atoms with Gasteiger partial charge in [-0.3, -0.25) is 9.79 Å². The van der Waals surface area contributed by atoms with Gasteiger partial charge in [0.25, 0.3) is 0 Å². The van der Waals surface area contributed by atoms with Gasteiger partial charge in [-0.15, -0.1) is 0 Å². The van der Waals surface area contributed by atoms with Crippen molar-refractivity contribution in [3.63, 3.8) is 0 Å². The van der Waals surface area contributed by atoms with Gasteiger partial charge in [0.2, 0.25) is 5.91 Å². The second kappa shape index (κ2) is 8.06. The second-order valence-electron chi connectivity index (χ2n) is 6.21. The predicted molar refractivity (Wildman–Crippen MR) is 90.8 cm³/mol. The van der Waals surface area contributed by atoms with Gasteiger partial charge in [-0.2, -0.15) is 0 Å². The first-order valence-corrected chi connectivity index (χ1v) is 9.36. The number of amidine groups is 1. The Labute approximate surface area is 133 Å². The third-order valence-corrected chi connectivity index (χ3v) is 6.02. The Morgan fingerprint density at radius 3 is 2.57 bits per heavy atom. The lowest BCUT2D eigenvalue weighted by Gasteiger charge is -2.38. The number of hydrogen-bond acceptors (Lipinski definition) is 4. The van der Waals surface area contributed by atoms with Gasteiger partial charge >= 0.3 is 0 Å². The summed E-state index contributed by atoms with van der Waals surface area (Å²) < 4.78 is 0. The maximum absolute atomic E-state index is 11.9. The van der Waals surface area contributed by atoms with E-state index in [1.807, 2.05) is 30.5 Å². The molecule has 5 heteroatoms. The SMILES string of the molecule is CCN(CC)C(=O)CCNC1=NCC2(CCCCC2)CS1. The molecular formula is C16H29N3OS. The monoisotopic (exact) mass is 311 g/mol. The van der Waals surface area contributed by atoms with Gasteiger partial charge in [0.15, 0.2) is 5.17 Å². The van der Waals surface area contributed by atoms with Crippen LogP contribution < -0.4 is 5.32 Å². The summed E-state index contributed by atoms with van der Waals surface area (Å²) in [5.41, 5.74) is 0.477. The Kier molecular flexibility index (Phi) is 6.40. The van der Waals surface area contributed by atoms with E-state index in [0.717, 1.165) is 24.8 Å². The van der Waals surface area contributed by atoms with Gasteiger partial charge in [0.1, 0.15) is 0 Å². The van der Waals surface area contributed by atoms with E-state index in [9.17, 15) is 4.79 Å². The lowest BCUT2D eigenvalue weighted by molar-refractivity contribution is -0.130. The van der Waals surface area contributed by atoms with E-state index in [4.69, 9.17) is 4.99 Å². The fraction of sp³-hybridized carbons (Fsp3) is 0.875. The number of rotatable bonds is 5. The predicted octanol–water partition coefficient (Wildman–Crippen LogP) is 2.89. The standard InChI is InChI=1S/C16H29N3OS/c1-3-19(4-2)14(20)8-11-17-15-18-12-16(13-21-15)9-6-5-7-10-16/h3-13H2,1-2H3,(H,17,18). The first-order valence-electron chi connectivity index (χ1n) is 8.38. The maximum Gasteiger partial charge on any atom is 0.224 e. The fourth-order valence-electron chi connectivity index (χ4n) is 3.27. The lowest BCUT2D eigenvalue weighted by Crippen LogP contribution is -2.38. The van der Waals surface area contributed by atoms with Crippen LogP contribution in [0.2, 0.25) is 0 Å². The number of aliphatic imine (C=N–C) groups is 1. The van der Waals surface area contributed by atoms with Crippen molar-refractivity contribution in [1.82, 2.24) is 10.2 Å². The summed E-state index contributed by atoms with van der Waals surface area (Å²) in [7, 11) is 0. The van der Waals surface area contributed by atoms with Gasteiger partial charge in [-0.1, -0.05) is 31.0 Å². The van der Waals surface area contributed by atoms with Gasteiger partial charge in [0.05, 0.1) is 0 Å². The fourth-order valence-corrected chi connectivity index (χ4v) is 4.46. The highest BCUT2D eigenvalue weighted by atomic mass is 32.2. The first kappa shape index (κ1) is 16.7. The summed E-state index contributed by atoms with van der Waals surface area (Å²) in [6, 6.07) is 0. The minimum atomic E-state index is 0.234. The smallest absolute Gasteiger partial charge is 0.224 e. The third-order valence-electron chi connectivity index (χ3n) is 4.72. The molecule has 0 atom stereocenters. The molecule has 1 amide bonds. The molecule has 0 aromatic heterocycles. The number of carbonyl (C=O) groups is 1. The summed E-state index contributed by atoms with van der Waals surface area (Å²) in [5, 5.41) is 4.38. The van der Waals surface area contributed by atoms with Gasteiger partial charge in [-0.05, 0) is 32.1 Å². The van der Waals surface area contributed by atoms with E-state index in [1.165, 1.54) is 37.9 Å². The lowest BCUT2D eigenvalue weighted by atomic mass is 9.75. The zero-order chi connectivity index (χ0) is 15.1. The molecule has 1 fully saturated rings. The quantitative estimate of drug-likeness (QED) is 0.849. The van der Waals surface area contributed by atoms with Crippen LogP contribution in [0.1, 0.15) is 52.4 Å². The summed E-state index contributed by atoms with van der Waals surface area (Å²) in [4.78, 5) is 18.5. The maximum atomic E-state index is 11.9. The molecule has 1 saturated carbocycles. The van der Waals surface area contributed by atoms with Crippen LogP contribution in [-0.2, 0) is 4.79 Å². The van der Waals surface area contributed by atoms with Crippen molar-refractivity contribution in [2.75, 3.05) is 31.9 Å². The van der Waals surface area contributed by atoms with Crippen LogP contribution in [-0.4, -0.2) is 47.9 Å². The first-order chi connectivity index (χ1) is 10.2. The van der Waals surface area contributed by atoms with E-state index in [-0.39, 0.29) is 5.91 Å². The second-order valence-corrected chi connectivity index (χ2v) is 7.18. The highest BCUT2D eigenvalue weighted by Gasteiger charge is 2.34. The molecule has 0 bridgehead atoms. The summed E-state index contributed by atoms with van der Waals surface area (Å²) >= 11 is 1.85. The molecule has 1 aliphatic heterocycles. The zero-order valence-electron chi connectivity index (χ0n) is 13.5. The Morgan fingerprint density at radius 1 is 1.29 bits per heavy atom. The summed E-state index contributed by atoms with van der Waals surface area (Å²) in [6.07, 6.45) is 7.39. The molecule has 0 aromatic carbocycles. The molecule has 0 unspecified atom stereocenters. The molecular weight excluding hydrogens is 282 g/mol. The molecule has 2 aliphatic rings. The number of nitrogens with zero attached hydrogens (tertiary/aromatic N) is 2. The van der Waals surface area contributed by atoms with E-state index in [0.29, 0.717) is 18.4 Å². The Hall–Kier alpha value is -0.710. The Morgan fingerprint density at radius 2 is 2.00 bits per heavy atom. The van der Waals surface area contributed by atoms with Crippen LogP contribution in [0.15, 0.2) is 4.99 Å². The molecule has 120 valence electrons. The van der Waals surface area contributed by atoms with E-state index >= 15 is 0 Å². The van der Waals surface area contributed by atoms with Gasteiger partial charge < -0.3 is 10.2 Å². The third kappa shape index (κ3) is 4.63. The Bertz CT molecular complexity index is 374. The van der Waals surface area contributed by atoms with E-state index < -0.39 is 0 Å². The van der Waals surface area contributed by atoms with Crippen LogP contribution in [0.25, 0.3) is 0 Å². The van der Waals surface area contributed by atoms with Crippen molar-refractivity contribution in [3.05, 3.63) is 0 Å². The highest BCUT2D eigenvalue weighted by molar-refractivity contribution is 8.13. The number of hydrogen-bond donors (Lipinski definition) is 1. The van der Waals surface area contributed by atoms with E-state index in [2.05, 4.69) is 5.32 Å². The van der Waals surface area contributed by atoms with Crippen LogP contribution in [0.3, 0.4) is 0 Å². The number of thioether (sulfide) groups is 1. The normalized spacial score (nSPS) is 21.0. The summed E-state index contributed by atoms with van der Waals surface area (Å²) in [6.45, 7) is 7.33. The average molecular weight is 311 g/mol. The van der Waals surface area contributed by atoms with Crippen LogP contribution in [0.5, 0.6) is 0 Å². The van der Waals surface area contributed by atoms with Crippen molar-refractivity contribution < 1.29 is 4.79 Å². The molecule has 4 nitrogen and oxygen atoms in total. The molecule has 2 rings (SSSR count). The molecule has 0 saturated heterocycles. The number of carbonyl (C=O) groups excluding carboxylic acids is 1. The topological polar surface area (TPSA) is 44.7 Å². The van der Waals surface area contributed by atoms with Crippen LogP contribution in [0, 0.1) is 5.41 Å². The van der Waals surface area contributed by atoms with Gasteiger partial charge in [-0.25, -0.2) is 0 Å². The van der Waals surface area contributed by atoms with Crippen molar-refractivity contribution in [2.24, 2.45) is 10.4 Å². The molecule has 1 N–H and O–H groups in total. The van der Waals surface area contributed by atoms with Crippen molar-refractivity contribution >= 4 is 22.8 Å². The summed E-state index contributed by atoms with van der Waals surface area (Å²) in [5.74, 6) is 1.43. The molecule has 1 spiro atoms. The average Bonchev–Trinajstić information content (AvgIpc) is 2.52. The molecule has 0 radical (unpaired) electrons.